The van der Waals surface area contributed by atoms with Crippen LogP contribution in [0.3, 0.4) is 0 Å². The van der Waals surface area contributed by atoms with Crippen molar-refractivity contribution in [2.24, 2.45) is 5.73 Å². The van der Waals surface area contributed by atoms with Crippen LogP contribution in [0.4, 0.5) is 0 Å². The quantitative estimate of drug-likeness (QED) is 0.664. The van der Waals surface area contributed by atoms with Crippen molar-refractivity contribution < 1.29 is 9.47 Å². The summed E-state index contributed by atoms with van der Waals surface area (Å²) in [7, 11) is 0. The standard InChI is InChI=1S/C12H15BrN2O2/c13-8-1-2-10(12(14)15)11(7-8)17-9-3-5-16-6-4-9/h1-2,7,9H,3-6H2,(H3,14,15). The summed E-state index contributed by atoms with van der Waals surface area (Å²) in [6, 6.07) is 5.50. The van der Waals surface area contributed by atoms with Gasteiger partial charge >= 0.3 is 0 Å². The van der Waals surface area contributed by atoms with Crippen molar-refractivity contribution in [3.05, 3.63) is 28.2 Å². The van der Waals surface area contributed by atoms with Gasteiger partial charge in [-0.25, -0.2) is 0 Å². The zero-order valence-electron chi connectivity index (χ0n) is 9.41. The Morgan fingerprint density at radius 1 is 1.41 bits per heavy atom. The van der Waals surface area contributed by atoms with Crippen molar-refractivity contribution in [2.75, 3.05) is 13.2 Å². The molecule has 3 N–H and O–H groups in total. The first kappa shape index (κ1) is 12.4. The van der Waals surface area contributed by atoms with E-state index in [0.717, 1.165) is 30.5 Å². The van der Waals surface area contributed by atoms with Gasteiger partial charge in [0.2, 0.25) is 0 Å². The van der Waals surface area contributed by atoms with E-state index in [1.807, 2.05) is 12.1 Å². The van der Waals surface area contributed by atoms with Crippen LogP contribution < -0.4 is 10.5 Å². The van der Waals surface area contributed by atoms with Gasteiger partial charge in [-0.2, -0.15) is 0 Å². The zero-order chi connectivity index (χ0) is 12.3. The monoisotopic (exact) mass is 298 g/mol. The SMILES string of the molecule is N=C(N)c1ccc(Br)cc1OC1CCOCC1. The zero-order valence-corrected chi connectivity index (χ0v) is 11.0. The number of rotatable bonds is 3. The molecule has 0 unspecified atom stereocenters. The minimum Gasteiger partial charge on any atom is -0.489 e. The lowest BCUT2D eigenvalue weighted by atomic mass is 10.1. The van der Waals surface area contributed by atoms with Gasteiger partial charge in [0.25, 0.3) is 0 Å². The van der Waals surface area contributed by atoms with Crippen LogP contribution in [0.25, 0.3) is 0 Å². The molecule has 1 aromatic carbocycles. The molecule has 1 aromatic rings. The fourth-order valence-corrected chi connectivity index (χ4v) is 2.13. The molecule has 0 atom stereocenters. The Balaban J connectivity index is 2.17. The summed E-state index contributed by atoms with van der Waals surface area (Å²) in [5.74, 6) is 0.693. The van der Waals surface area contributed by atoms with E-state index < -0.39 is 0 Å². The van der Waals surface area contributed by atoms with Gasteiger partial charge in [0, 0.05) is 17.3 Å². The summed E-state index contributed by atoms with van der Waals surface area (Å²) in [4.78, 5) is 0. The highest BCUT2D eigenvalue weighted by Crippen LogP contribution is 2.26. The Labute approximate surface area is 109 Å². The van der Waals surface area contributed by atoms with Gasteiger partial charge in [0.1, 0.15) is 17.7 Å². The average molecular weight is 299 g/mol. The first-order chi connectivity index (χ1) is 8.16. The van der Waals surface area contributed by atoms with Crippen LogP contribution in [0.2, 0.25) is 0 Å². The number of nitrogens with two attached hydrogens (primary N) is 1. The number of hydrogen-bond donors (Lipinski definition) is 2. The summed E-state index contributed by atoms with van der Waals surface area (Å²) < 4.78 is 12.1. The van der Waals surface area contributed by atoms with Gasteiger partial charge in [0.15, 0.2) is 0 Å². The van der Waals surface area contributed by atoms with Crippen molar-refractivity contribution in [2.45, 2.75) is 18.9 Å². The summed E-state index contributed by atoms with van der Waals surface area (Å²) >= 11 is 3.39. The highest BCUT2D eigenvalue weighted by Gasteiger charge is 2.17. The Bertz CT molecular complexity index is 417. The number of halogens is 1. The highest BCUT2D eigenvalue weighted by molar-refractivity contribution is 9.10. The number of hydrogen-bond acceptors (Lipinski definition) is 3. The van der Waals surface area contributed by atoms with Crippen molar-refractivity contribution >= 4 is 21.8 Å². The summed E-state index contributed by atoms with van der Waals surface area (Å²) in [5, 5.41) is 7.52. The normalized spacial score (nSPS) is 16.8. The van der Waals surface area contributed by atoms with E-state index in [9.17, 15) is 0 Å². The second kappa shape index (κ2) is 5.51. The van der Waals surface area contributed by atoms with E-state index in [1.54, 1.807) is 6.07 Å². The van der Waals surface area contributed by atoms with Crippen molar-refractivity contribution in [1.82, 2.24) is 0 Å². The number of ether oxygens (including phenoxy) is 2. The third-order valence-corrected chi connectivity index (χ3v) is 3.19. The molecule has 1 fully saturated rings. The molecule has 0 spiro atoms. The summed E-state index contributed by atoms with van der Waals surface area (Å²) in [5.41, 5.74) is 6.17. The van der Waals surface area contributed by atoms with Crippen LogP contribution >= 0.6 is 15.9 Å². The molecule has 17 heavy (non-hydrogen) atoms. The van der Waals surface area contributed by atoms with Gasteiger partial charge in [-0.1, -0.05) is 15.9 Å². The molecule has 1 saturated heterocycles. The minimum atomic E-state index is 0.0274. The molecule has 4 nitrogen and oxygen atoms in total. The van der Waals surface area contributed by atoms with Crippen LogP contribution in [0.5, 0.6) is 5.75 Å². The lowest BCUT2D eigenvalue weighted by Crippen LogP contribution is -2.27. The second-order valence-electron chi connectivity index (χ2n) is 3.98. The van der Waals surface area contributed by atoms with E-state index in [4.69, 9.17) is 20.6 Å². The largest absolute Gasteiger partial charge is 0.489 e. The third kappa shape index (κ3) is 3.20. The molecule has 1 heterocycles. The summed E-state index contributed by atoms with van der Waals surface area (Å²) in [6.45, 7) is 1.46. The van der Waals surface area contributed by atoms with Crippen LogP contribution in [-0.2, 0) is 4.74 Å². The number of benzene rings is 1. The highest BCUT2D eigenvalue weighted by atomic mass is 79.9. The fourth-order valence-electron chi connectivity index (χ4n) is 1.79. The molecule has 0 bridgehead atoms. The lowest BCUT2D eigenvalue weighted by molar-refractivity contribution is 0.0255. The van der Waals surface area contributed by atoms with E-state index in [-0.39, 0.29) is 11.9 Å². The number of nitrogens with one attached hydrogen (secondary N) is 1. The van der Waals surface area contributed by atoms with Gasteiger partial charge in [-0.15, -0.1) is 0 Å². The molecule has 0 radical (unpaired) electrons. The molecule has 0 amide bonds. The fraction of sp³-hybridized carbons (Fsp3) is 0.417. The van der Waals surface area contributed by atoms with Crippen LogP contribution in [0.1, 0.15) is 18.4 Å². The first-order valence-electron chi connectivity index (χ1n) is 5.55. The molecule has 5 heteroatoms. The number of nitrogen functional groups attached to an aromatic ring is 1. The van der Waals surface area contributed by atoms with E-state index >= 15 is 0 Å². The van der Waals surface area contributed by atoms with Gasteiger partial charge in [-0.3, -0.25) is 5.41 Å². The van der Waals surface area contributed by atoms with Gasteiger partial charge in [-0.05, 0) is 18.2 Å². The van der Waals surface area contributed by atoms with Crippen molar-refractivity contribution in [3.63, 3.8) is 0 Å². The smallest absolute Gasteiger partial charge is 0.131 e. The molecule has 1 aliphatic rings. The number of amidine groups is 1. The maximum absolute atomic E-state index is 7.52. The summed E-state index contributed by atoms with van der Waals surface area (Å²) in [6.07, 6.45) is 1.91. The Hall–Kier alpha value is -1.07. The van der Waals surface area contributed by atoms with Crippen LogP contribution in [-0.4, -0.2) is 25.2 Å². The Kier molecular flexibility index (Phi) is 4.02. The van der Waals surface area contributed by atoms with E-state index in [1.165, 1.54) is 0 Å². The maximum Gasteiger partial charge on any atom is 0.131 e. The van der Waals surface area contributed by atoms with Gasteiger partial charge < -0.3 is 15.2 Å². The lowest BCUT2D eigenvalue weighted by Gasteiger charge is -2.24. The van der Waals surface area contributed by atoms with Crippen LogP contribution in [0.15, 0.2) is 22.7 Å². The van der Waals surface area contributed by atoms with Crippen molar-refractivity contribution in [3.8, 4) is 5.75 Å². The minimum absolute atomic E-state index is 0.0274. The van der Waals surface area contributed by atoms with Crippen LogP contribution in [0, 0.1) is 5.41 Å². The Morgan fingerprint density at radius 2 is 2.12 bits per heavy atom. The molecular formula is C12H15BrN2O2. The topological polar surface area (TPSA) is 68.3 Å². The molecule has 0 aromatic heterocycles. The average Bonchev–Trinajstić information content (AvgIpc) is 2.30. The molecule has 92 valence electrons. The van der Waals surface area contributed by atoms with Crippen molar-refractivity contribution in [1.29, 1.82) is 5.41 Å². The molecular weight excluding hydrogens is 284 g/mol. The third-order valence-electron chi connectivity index (χ3n) is 2.70. The van der Waals surface area contributed by atoms with E-state index in [0.29, 0.717) is 11.3 Å². The first-order valence-corrected chi connectivity index (χ1v) is 6.34. The second-order valence-corrected chi connectivity index (χ2v) is 4.90. The molecule has 0 saturated carbocycles. The predicted octanol–water partition coefficient (Wildman–Crippen LogP) is 2.29. The molecule has 1 aliphatic heterocycles. The van der Waals surface area contributed by atoms with E-state index in [2.05, 4.69) is 15.9 Å². The van der Waals surface area contributed by atoms with Gasteiger partial charge in [0.05, 0.1) is 18.8 Å². The predicted molar refractivity (Wildman–Crippen MR) is 69.6 cm³/mol. The molecule has 0 aliphatic carbocycles. The molecule has 2 rings (SSSR count). The maximum atomic E-state index is 7.52. The Morgan fingerprint density at radius 3 is 2.76 bits per heavy atom.